The molecule has 1 fully saturated rings. The molecule has 0 amide bonds. The number of nitrogens with one attached hydrogen (secondary N) is 1. The lowest BCUT2D eigenvalue weighted by Gasteiger charge is -2.32. The second kappa shape index (κ2) is 7.51. The molecule has 1 aliphatic rings. The number of anilines is 1. The van der Waals surface area contributed by atoms with Gasteiger partial charge in [-0.15, -0.1) is 0 Å². The summed E-state index contributed by atoms with van der Waals surface area (Å²) in [5.41, 5.74) is 8.50. The molecule has 1 saturated carbocycles. The summed E-state index contributed by atoms with van der Waals surface area (Å²) in [6.45, 7) is 1.56. The summed E-state index contributed by atoms with van der Waals surface area (Å²) < 4.78 is 5.19. The van der Waals surface area contributed by atoms with E-state index in [1.54, 1.807) is 7.11 Å². The van der Waals surface area contributed by atoms with Gasteiger partial charge in [0.05, 0.1) is 6.61 Å². The van der Waals surface area contributed by atoms with Gasteiger partial charge in [0.15, 0.2) is 0 Å². The van der Waals surface area contributed by atoms with Gasteiger partial charge in [0.1, 0.15) is 0 Å². The number of ether oxygens (including phenoxy) is 1. The Bertz CT molecular complexity index is 381. The summed E-state index contributed by atoms with van der Waals surface area (Å²) >= 11 is 0. The van der Waals surface area contributed by atoms with E-state index in [2.05, 4.69) is 29.6 Å². The summed E-state index contributed by atoms with van der Waals surface area (Å²) in [7, 11) is 1.75. The highest BCUT2D eigenvalue weighted by molar-refractivity contribution is 5.52. The molecule has 0 aliphatic heterocycles. The van der Waals surface area contributed by atoms with Gasteiger partial charge in [-0.05, 0) is 43.4 Å². The second-order valence-corrected chi connectivity index (χ2v) is 5.43. The van der Waals surface area contributed by atoms with Crippen molar-refractivity contribution in [2.24, 2.45) is 11.7 Å². The topological polar surface area (TPSA) is 47.3 Å². The maximum Gasteiger partial charge on any atom is 0.0503 e. The van der Waals surface area contributed by atoms with Crippen molar-refractivity contribution in [2.75, 3.05) is 25.6 Å². The minimum atomic E-state index is 0.530. The van der Waals surface area contributed by atoms with E-state index in [0.717, 1.165) is 19.6 Å². The van der Waals surface area contributed by atoms with Crippen molar-refractivity contribution in [3.8, 4) is 0 Å². The fourth-order valence-electron chi connectivity index (χ4n) is 2.97. The molecule has 19 heavy (non-hydrogen) atoms. The van der Waals surface area contributed by atoms with E-state index >= 15 is 0 Å². The van der Waals surface area contributed by atoms with Crippen LogP contribution in [0.3, 0.4) is 0 Å². The van der Waals surface area contributed by atoms with Gasteiger partial charge in [-0.25, -0.2) is 0 Å². The Morgan fingerprint density at radius 1 is 1.26 bits per heavy atom. The van der Waals surface area contributed by atoms with Crippen LogP contribution in [0.25, 0.3) is 0 Å². The summed E-state index contributed by atoms with van der Waals surface area (Å²) in [5.74, 6) is 0.615. The van der Waals surface area contributed by atoms with Crippen molar-refractivity contribution in [3.63, 3.8) is 0 Å². The molecule has 1 aromatic carbocycles. The Kier molecular flexibility index (Phi) is 5.67. The molecule has 1 aromatic rings. The number of hydrogen-bond acceptors (Lipinski definition) is 3. The Hall–Kier alpha value is -1.06. The maximum atomic E-state index is 5.91. The molecule has 2 unspecified atom stereocenters. The molecule has 0 radical (unpaired) electrons. The molecule has 1 aliphatic carbocycles. The maximum absolute atomic E-state index is 5.91. The first-order valence-electron chi connectivity index (χ1n) is 7.38. The average molecular weight is 262 g/mol. The Labute approximate surface area is 116 Å². The fraction of sp³-hybridized carbons (Fsp3) is 0.625. The van der Waals surface area contributed by atoms with E-state index in [1.807, 2.05) is 0 Å². The van der Waals surface area contributed by atoms with Crippen LogP contribution in [0.2, 0.25) is 0 Å². The minimum absolute atomic E-state index is 0.530. The number of para-hydroxylation sites is 1. The van der Waals surface area contributed by atoms with Gasteiger partial charge < -0.3 is 15.8 Å². The highest BCUT2D eigenvalue weighted by Crippen LogP contribution is 2.28. The Morgan fingerprint density at radius 3 is 2.84 bits per heavy atom. The molecule has 106 valence electrons. The van der Waals surface area contributed by atoms with Crippen molar-refractivity contribution in [1.29, 1.82) is 0 Å². The lowest BCUT2D eigenvalue weighted by molar-refractivity contribution is 0.202. The molecule has 0 heterocycles. The van der Waals surface area contributed by atoms with Crippen LogP contribution >= 0.6 is 0 Å². The van der Waals surface area contributed by atoms with Crippen molar-refractivity contribution in [2.45, 2.75) is 38.1 Å². The molecule has 2 atom stereocenters. The zero-order chi connectivity index (χ0) is 13.5. The summed E-state index contributed by atoms with van der Waals surface area (Å²) in [4.78, 5) is 0. The molecule has 0 aromatic heterocycles. The van der Waals surface area contributed by atoms with Gasteiger partial charge in [-0.3, -0.25) is 0 Å². The van der Waals surface area contributed by atoms with Crippen LogP contribution in [0.1, 0.15) is 31.2 Å². The van der Waals surface area contributed by atoms with Crippen LogP contribution in [0.4, 0.5) is 5.69 Å². The zero-order valence-electron chi connectivity index (χ0n) is 11.9. The van der Waals surface area contributed by atoms with Gasteiger partial charge in [-0.1, -0.05) is 31.0 Å². The zero-order valence-corrected chi connectivity index (χ0v) is 11.9. The number of benzene rings is 1. The monoisotopic (exact) mass is 262 g/mol. The van der Waals surface area contributed by atoms with Crippen LogP contribution in [-0.2, 0) is 11.2 Å². The van der Waals surface area contributed by atoms with Crippen molar-refractivity contribution in [3.05, 3.63) is 29.8 Å². The molecule has 3 N–H and O–H groups in total. The predicted octanol–water partition coefficient (Wildman–Crippen LogP) is 2.80. The van der Waals surface area contributed by atoms with E-state index < -0.39 is 0 Å². The van der Waals surface area contributed by atoms with Gasteiger partial charge in [0.2, 0.25) is 0 Å². The lowest BCUT2D eigenvalue weighted by atomic mass is 9.84. The van der Waals surface area contributed by atoms with Crippen LogP contribution < -0.4 is 11.1 Å². The highest BCUT2D eigenvalue weighted by atomic mass is 16.5. The van der Waals surface area contributed by atoms with E-state index in [4.69, 9.17) is 10.5 Å². The molecular formula is C16H26N2O. The highest BCUT2D eigenvalue weighted by Gasteiger charge is 2.24. The quantitative estimate of drug-likeness (QED) is 0.828. The molecule has 2 rings (SSSR count). The van der Waals surface area contributed by atoms with Gasteiger partial charge >= 0.3 is 0 Å². The van der Waals surface area contributed by atoms with Crippen LogP contribution in [0, 0.1) is 5.92 Å². The first kappa shape index (κ1) is 14.4. The first-order valence-corrected chi connectivity index (χ1v) is 7.38. The number of nitrogens with two attached hydrogens (primary N) is 1. The third kappa shape index (κ3) is 3.95. The lowest BCUT2D eigenvalue weighted by Crippen LogP contribution is -2.37. The molecule has 0 bridgehead atoms. The van der Waals surface area contributed by atoms with Crippen LogP contribution in [0.5, 0.6) is 0 Å². The van der Waals surface area contributed by atoms with E-state index in [0.29, 0.717) is 12.0 Å². The normalized spacial score (nSPS) is 23.3. The van der Waals surface area contributed by atoms with Gasteiger partial charge in [0, 0.05) is 18.8 Å². The van der Waals surface area contributed by atoms with Gasteiger partial charge in [0.25, 0.3) is 0 Å². The third-order valence-electron chi connectivity index (χ3n) is 4.15. The van der Waals surface area contributed by atoms with E-state index in [1.165, 1.54) is 36.9 Å². The standard InChI is InChI=1S/C16H26N2O/c1-19-11-10-13-6-2-4-8-15(13)18-16-9-5-3-7-14(16)12-17/h2,4,6,8,14,16,18H,3,5,7,9-12,17H2,1H3. The molecule has 0 saturated heterocycles. The SMILES string of the molecule is COCCc1ccccc1NC1CCCCC1CN. The Morgan fingerprint density at radius 2 is 2.05 bits per heavy atom. The van der Waals surface area contributed by atoms with Crippen molar-refractivity contribution >= 4 is 5.69 Å². The Balaban J connectivity index is 2.04. The number of methoxy groups -OCH3 is 1. The minimum Gasteiger partial charge on any atom is -0.384 e. The average Bonchev–Trinajstić information content (AvgIpc) is 2.47. The molecule has 0 spiro atoms. The van der Waals surface area contributed by atoms with Crippen molar-refractivity contribution < 1.29 is 4.74 Å². The molecule has 3 nitrogen and oxygen atoms in total. The third-order valence-corrected chi connectivity index (χ3v) is 4.15. The van der Waals surface area contributed by atoms with Crippen LogP contribution in [-0.4, -0.2) is 26.3 Å². The largest absolute Gasteiger partial charge is 0.384 e. The number of rotatable bonds is 6. The van der Waals surface area contributed by atoms with Crippen LogP contribution in [0.15, 0.2) is 24.3 Å². The predicted molar refractivity (Wildman–Crippen MR) is 80.4 cm³/mol. The summed E-state index contributed by atoms with van der Waals surface area (Å²) in [5, 5.41) is 3.72. The van der Waals surface area contributed by atoms with Crippen molar-refractivity contribution in [1.82, 2.24) is 0 Å². The van der Waals surface area contributed by atoms with E-state index in [-0.39, 0.29) is 0 Å². The molecule has 3 heteroatoms. The second-order valence-electron chi connectivity index (χ2n) is 5.43. The number of hydrogen-bond donors (Lipinski definition) is 2. The van der Waals surface area contributed by atoms with Gasteiger partial charge in [-0.2, -0.15) is 0 Å². The smallest absolute Gasteiger partial charge is 0.0503 e. The van der Waals surface area contributed by atoms with E-state index in [9.17, 15) is 0 Å². The first-order chi connectivity index (χ1) is 9.35. The summed E-state index contributed by atoms with van der Waals surface area (Å²) in [6.07, 6.45) is 6.09. The summed E-state index contributed by atoms with van der Waals surface area (Å²) in [6, 6.07) is 9.08. The molecular weight excluding hydrogens is 236 g/mol. The fourth-order valence-corrected chi connectivity index (χ4v) is 2.97.